The molecule has 7 nitrogen and oxygen atoms in total. The van der Waals surface area contributed by atoms with Gasteiger partial charge in [-0.05, 0) is 38.3 Å². The van der Waals surface area contributed by atoms with Crippen LogP contribution < -0.4 is 4.90 Å². The van der Waals surface area contributed by atoms with Crippen molar-refractivity contribution in [2.24, 2.45) is 0 Å². The van der Waals surface area contributed by atoms with E-state index in [1.807, 2.05) is 30.3 Å². The van der Waals surface area contributed by atoms with Gasteiger partial charge < -0.3 is 14.5 Å². The molecule has 28 heavy (non-hydrogen) atoms. The van der Waals surface area contributed by atoms with Gasteiger partial charge in [-0.1, -0.05) is 18.2 Å². The van der Waals surface area contributed by atoms with Crippen molar-refractivity contribution in [1.29, 1.82) is 0 Å². The van der Waals surface area contributed by atoms with Crippen LogP contribution in [0.1, 0.15) is 35.3 Å². The summed E-state index contributed by atoms with van der Waals surface area (Å²) in [6, 6.07) is 9.66. The number of morpholine rings is 1. The van der Waals surface area contributed by atoms with Crippen LogP contribution in [0.5, 0.6) is 0 Å². The van der Waals surface area contributed by atoms with E-state index >= 15 is 0 Å². The summed E-state index contributed by atoms with van der Waals surface area (Å²) in [4.78, 5) is 38.2. The van der Waals surface area contributed by atoms with Crippen LogP contribution >= 0.6 is 0 Å². The highest BCUT2D eigenvalue weighted by molar-refractivity contribution is 6.01. The summed E-state index contributed by atoms with van der Waals surface area (Å²) in [7, 11) is 0. The zero-order chi connectivity index (χ0) is 19.6. The highest BCUT2D eigenvalue weighted by atomic mass is 16.5. The number of benzene rings is 1. The number of hydrogen-bond acceptors (Lipinski definition) is 5. The van der Waals surface area contributed by atoms with Crippen LogP contribution in [0.25, 0.3) is 0 Å². The molecule has 1 aromatic carbocycles. The lowest BCUT2D eigenvalue weighted by molar-refractivity contribution is -0.155. The summed E-state index contributed by atoms with van der Waals surface area (Å²) in [5.41, 5.74) is 0.983. The maximum absolute atomic E-state index is 13.5. The normalized spacial score (nSPS) is 23.0. The highest BCUT2D eigenvalue weighted by Crippen LogP contribution is 2.32. The number of nitrogens with zero attached hydrogens (tertiary/aromatic N) is 4. The average molecular weight is 380 g/mol. The van der Waals surface area contributed by atoms with Crippen LogP contribution in [0.3, 0.4) is 0 Å². The van der Waals surface area contributed by atoms with Crippen molar-refractivity contribution < 1.29 is 14.3 Å². The van der Waals surface area contributed by atoms with Crippen LogP contribution in [-0.4, -0.2) is 58.5 Å². The van der Waals surface area contributed by atoms with E-state index in [2.05, 4.69) is 9.97 Å². The zero-order valence-electron chi connectivity index (χ0n) is 16.0. The molecule has 3 heterocycles. The van der Waals surface area contributed by atoms with E-state index in [0.29, 0.717) is 37.4 Å². The largest absolute Gasteiger partial charge is 0.361 e. The molecule has 2 aliphatic rings. The molecule has 1 atom stereocenters. The summed E-state index contributed by atoms with van der Waals surface area (Å²) in [6.07, 6.45) is 5.37. The van der Waals surface area contributed by atoms with Gasteiger partial charge in [0.25, 0.3) is 11.8 Å². The smallest absolute Gasteiger partial charge is 0.261 e. The van der Waals surface area contributed by atoms with Crippen LogP contribution in [0.15, 0.2) is 42.9 Å². The molecule has 0 N–H and O–H groups in total. The lowest BCUT2D eigenvalue weighted by atomic mass is 9.93. The minimum atomic E-state index is -0.996. The Kier molecular flexibility index (Phi) is 5.09. The molecule has 1 unspecified atom stereocenters. The zero-order valence-corrected chi connectivity index (χ0v) is 16.0. The van der Waals surface area contributed by atoms with E-state index in [9.17, 15) is 9.59 Å². The Morgan fingerprint density at radius 3 is 2.79 bits per heavy atom. The number of aryl methyl sites for hydroxylation is 1. The third-order valence-corrected chi connectivity index (χ3v) is 5.53. The Labute approximate surface area is 164 Å². The molecule has 0 bridgehead atoms. The lowest BCUT2D eigenvalue weighted by Crippen LogP contribution is -2.61. The number of ether oxygens (including phenoxy) is 1. The molecule has 2 aromatic rings. The lowest BCUT2D eigenvalue weighted by Gasteiger charge is -2.42. The van der Waals surface area contributed by atoms with Gasteiger partial charge in [-0.25, -0.2) is 9.97 Å². The van der Waals surface area contributed by atoms with Crippen molar-refractivity contribution in [3.05, 3.63) is 54.1 Å². The van der Waals surface area contributed by atoms with E-state index in [0.717, 1.165) is 18.5 Å². The van der Waals surface area contributed by atoms with E-state index in [1.54, 1.807) is 16.7 Å². The van der Waals surface area contributed by atoms with Crippen LogP contribution in [0.2, 0.25) is 0 Å². The van der Waals surface area contributed by atoms with Crippen molar-refractivity contribution in [3.63, 3.8) is 0 Å². The molecule has 0 saturated carbocycles. The first-order valence-corrected chi connectivity index (χ1v) is 9.68. The first kappa shape index (κ1) is 18.6. The number of rotatable bonds is 2. The van der Waals surface area contributed by atoms with Gasteiger partial charge in [-0.15, -0.1) is 0 Å². The molecule has 2 amide bonds. The van der Waals surface area contributed by atoms with Crippen molar-refractivity contribution in [2.45, 2.75) is 31.8 Å². The van der Waals surface area contributed by atoms with Gasteiger partial charge >= 0.3 is 0 Å². The summed E-state index contributed by atoms with van der Waals surface area (Å²) in [5.74, 6) is -0.209. The Bertz CT molecular complexity index is 873. The standard InChI is InChI=1S/C21H24N4O3/c1-16-18(13-22-15-23-16)19(26)24-11-12-28-21(14-24)9-5-6-10-25(20(21)27)17-7-3-2-4-8-17/h2-4,7-8,13,15H,5-6,9-12,14H2,1H3. The predicted octanol–water partition coefficient (Wildman–Crippen LogP) is 2.21. The second-order valence-corrected chi connectivity index (χ2v) is 7.34. The Balaban J connectivity index is 1.61. The maximum atomic E-state index is 13.5. The number of carbonyl (C=O) groups excluding carboxylic acids is 2. The Hall–Kier alpha value is -2.80. The number of amides is 2. The van der Waals surface area contributed by atoms with Crippen molar-refractivity contribution >= 4 is 17.5 Å². The second kappa shape index (κ2) is 7.67. The molecule has 0 radical (unpaired) electrons. The van der Waals surface area contributed by atoms with Crippen LogP contribution in [0.4, 0.5) is 5.69 Å². The molecule has 7 heteroatoms. The van der Waals surface area contributed by atoms with E-state index < -0.39 is 5.60 Å². The van der Waals surface area contributed by atoms with E-state index in [4.69, 9.17) is 4.74 Å². The van der Waals surface area contributed by atoms with Crippen molar-refractivity contribution in [2.75, 3.05) is 31.1 Å². The van der Waals surface area contributed by atoms with Crippen molar-refractivity contribution in [1.82, 2.24) is 14.9 Å². The molecule has 2 fully saturated rings. The molecule has 4 rings (SSSR count). The van der Waals surface area contributed by atoms with Gasteiger partial charge in [0, 0.05) is 25.0 Å². The van der Waals surface area contributed by atoms with E-state index in [1.165, 1.54) is 12.5 Å². The first-order valence-electron chi connectivity index (χ1n) is 9.68. The Morgan fingerprint density at radius 2 is 2.00 bits per heavy atom. The van der Waals surface area contributed by atoms with Gasteiger partial charge in [-0.2, -0.15) is 0 Å². The SMILES string of the molecule is Cc1ncncc1C(=O)N1CCOC2(CCCCN(c3ccccc3)C2=O)C1. The summed E-state index contributed by atoms with van der Waals surface area (Å²) < 4.78 is 6.08. The third kappa shape index (κ3) is 3.38. The quantitative estimate of drug-likeness (QED) is 0.799. The minimum absolute atomic E-state index is 0.0604. The number of hydrogen-bond donors (Lipinski definition) is 0. The molecule has 146 valence electrons. The monoisotopic (exact) mass is 380 g/mol. The number of carbonyl (C=O) groups is 2. The second-order valence-electron chi connectivity index (χ2n) is 7.34. The fraction of sp³-hybridized carbons (Fsp3) is 0.429. The third-order valence-electron chi connectivity index (χ3n) is 5.53. The van der Waals surface area contributed by atoms with Crippen LogP contribution in [-0.2, 0) is 9.53 Å². The number of anilines is 1. The molecular weight excluding hydrogens is 356 g/mol. The molecule has 2 aliphatic heterocycles. The summed E-state index contributed by atoms with van der Waals surface area (Å²) in [6.45, 7) is 3.50. The molecule has 2 saturated heterocycles. The maximum Gasteiger partial charge on any atom is 0.261 e. The van der Waals surface area contributed by atoms with Crippen LogP contribution in [0, 0.1) is 6.92 Å². The van der Waals surface area contributed by atoms with Gasteiger partial charge in [0.15, 0.2) is 5.60 Å². The van der Waals surface area contributed by atoms with Gasteiger partial charge in [0.05, 0.1) is 24.4 Å². The predicted molar refractivity (Wildman–Crippen MR) is 104 cm³/mol. The first-order chi connectivity index (χ1) is 13.6. The fourth-order valence-electron chi connectivity index (χ4n) is 4.00. The van der Waals surface area contributed by atoms with E-state index in [-0.39, 0.29) is 18.4 Å². The minimum Gasteiger partial charge on any atom is -0.361 e. The molecule has 0 aliphatic carbocycles. The number of aromatic nitrogens is 2. The average Bonchev–Trinajstić information content (AvgIpc) is 2.88. The van der Waals surface area contributed by atoms with Crippen molar-refractivity contribution in [3.8, 4) is 0 Å². The highest BCUT2D eigenvalue weighted by Gasteiger charge is 2.48. The molecule has 1 spiro atoms. The molecular formula is C21H24N4O3. The van der Waals surface area contributed by atoms with Gasteiger partial charge in [0.2, 0.25) is 0 Å². The Morgan fingerprint density at radius 1 is 1.18 bits per heavy atom. The number of para-hydroxylation sites is 1. The van der Waals surface area contributed by atoms with Gasteiger partial charge in [-0.3, -0.25) is 9.59 Å². The summed E-state index contributed by atoms with van der Waals surface area (Å²) >= 11 is 0. The fourth-order valence-corrected chi connectivity index (χ4v) is 4.00. The van der Waals surface area contributed by atoms with Gasteiger partial charge in [0.1, 0.15) is 6.33 Å². The molecule has 1 aromatic heterocycles. The summed E-state index contributed by atoms with van der Waals surface area (Å²) in [5, 5.41) is 0. The topological polar surface area (TPSA) is 75.6 Å².